The number of para-hydroxylation sites is 1. The topological polar surface area (TPSA) is 46.9 Å². The number of methoxy groups -OCH3 is 1. The van der Waals surface area contributed by atoms with Crippen molar-refractivity contribution in [3.63, 3.8) is 0 Å². The molecular weight excluding hydrogens is 504 g/mol. The average molecular weight is 535 g/mol. The van der Waals surface area contributed by atoms with Gasteiger partial charge in [0.1, 0.15) is 13.3 Å². The molecule has 3 aromatic carbocycles. The molecule has 4 aromatic rings. The van der Waals surface area contributed by atoms with Crippen molar-refractivity contribution in [2.45, 2.75) is 46.2 Å². The van der Waals surface area contributed by atoms with Crippen LogP contribution in [0.2, 0.25) is 0 Å². The monoisotopic (exact) mass is 534 g/mol. The molecule has 0 fully saturated rings. The molecule has 0 saturated heterocycles. The number of hydrogen-bond acceptors (Lipinski definition) is 4. The Morgan fingerprint density at radius 1 is 1.06 bits per heavy atom. The quantitative estimate of drug-likeness (QED) is 0.329. The van der Waals surface area contributed by atoms with Gasteiger partial charge >= 0.3 is 0 Å². The molecule has 1 aromatic heterocycles. The van der Waals surface area contributed by atoms with Crippen molar-refractivity contribution < 1.29 is 14.6 Å². The number of aliphatic hydroxyl groups excluding tert-OH is 1. The van der Waals surface area contributed by atoms with Crippen molar-refractivity contribution in [3.05, 3.63) is 93.1 Å². The molecule has 0 radical (unpaired) electrons. The third-order valence-electron chi connectivity index (χ3n) is 7.29. The second kappa shape index (κ2) is 9.69. The van der Waals surface area contributed by atoms with E-state index in [4.69, 9.17) is 9.47 Å². The van der Waals surface area contributed by atoms with Crippen LogP contribution in [0.15, 0.2) is 65.1 Å². The molecule has 0 spiro atoms. The highest BCUT2D eigenvalue weighted by atomic mass is 79.9. The van der Waals surface area contributed by atoms with E-state index >= 15 is 0 Å². The van der Waals surface area contributed by atoms with Gasteiger partial charge in [-0.25, -0.2) is 0 Å². The summed E-state index contributed by atoms with van der Waals surface area (Å²) in [7, 11) is 1.71. The first-order valence-electron chi connectivity index (χ1n) is 11.7. The van der Waals surface area contributed by atoms with Crippen LogP contribution >= 0.6 is 15.9 Å². The molecule has 35 heavy (non-hydrogen) atoms. The molecular formula is C29H31BrN2O3. The SMILES string of the molecule is C.COc1cc2c(cc1OCc1ccc(Br)cc1)CCN1Cc3c(c4ccccc4n3CO)CC21. The first kappa shape index (κ1) is 23.9. The lowest BCUT2D eigenvalue weighted by atomic mass is 9.85. The normalized spacial score (nSPS) is 16.7. The number of benzene rings is 3. The van der Waals surface area contributed by atoms with Gasteiger partial charge in [0, 0.05) is 34.7 Å². The van der Waals surface area contributed by atoms with Crippen LogP contribution in [0.4, 0.5) is 0 Å². The third kappa shape index (κ3) is 4.14. The summed E-state index contributed by atoms with van der Waals surface area (Å²) in [5.74, 6) is 1.58. The highest BCUT2D eigenvalue weighted by Gasteiger charge is 2.35. The zero-order valence-electron chi connectivity index (χ0n) is 19.1. The fraction of sp³-hybridized carbons (Fsp3) is 0.310. The third-order valence-corrected chi connectivity index (χ3v) is 7.82. The van der Waals surface area contributed by atoms with Crippen molar-refractivity contribution in [3.8, 4) is 11.5 Å². The Hall–Kier alpha value is -2.80. The molecule has 2 aliphatic rings. The molecule has 0 aliphatic carbocycles. The van der Waals surface area contributed by atoms with E-state index in [0.717, 1.165) is 53.0 Å². The molecule has 1 unspecified atom stereocenters. The zero-order valence-corrected chi connectivity index (χ0v) is 20.7. The second-order valence-electron chi connectivity index (χ2n) is 9.07. The molecule has 6 rings (SSSR count). The van der Waals surface area contributed by atoms with E-state index in [1.807, 2.05) is 18.2 Å². The number of nitrogens with zero attached hydrogens (tertiary/aromatic N) is 2. The second-order valence-corrected chi connectivity index (χ2v) is 9.98. The first-order valence-corrected chi connectivity index (χ1v) is 12.5. The predicted molar refractivity (Wildman–Crippen MR) is 143 cm³/mol. The lowest BCUT2D eigenvalue weighted by Crippen LogP contribution is -2.39. The van der Waals surface area contributed by atoms with Gasteiger partial charge < -0.3 is 19.1 Å². The summed E-state index contributed by atoms with van der Waals surface area (Å²) in [4.78, 5) is 2.54. The number of aromatic nitrogens is 1. The van der Waals surface area contributed by atoms with Crippen LogP contribution in [0.3, 0.4) is 0 Å². The van der Waals surface area contributed by atoms with Crippen molar-refractivity contribution in [2.75, 3.05) is 13.7 Å². The maximum Gasteiger partial charge on any atom is 0.161 e. The minimum absolute atomic E-state index is 0. The van der Waals surface area contributed by atoms with Gasteiger partial charge in [-0.3, -0.25) is 4.90 Å². The largest absolute Gasteiger partial charge is 0.493 e. The first-order chi connectivity index (χ1) is 16.7. The van der Waals surface area contributed by atoms with Crippen molar-refractivity contribution >= 4 is 26.8 Å². The summed E-state index contributed by atoms with van der Waals surface area (Å²) in [5, 5.41) is 11.3. The molecule has 3 heterocycles. The van der Waals surface area contributed by atoms with Gasteiger partial charge in [-0.2, -0.15) is 0 Å². The number of aliphatic hydroxyl groups is 1. The smallest absolute Gasteiger partial charge is 0.161 e. The fourth-order valence-electron chi connectivity index (χ4n) is 5.59. The Morgan fingerprint density at radius 2 is 1.86 bits per heavy atom. The summed E-state index contributed by atoms with van der Waals surface area (Å²) in [6, 6.07) is 21.3. The maximum atomic E-state index is 10.1. The van der Waals surface area contributed by atoms with E-state index < -0.39 is 0 Å². The van der Waals surface area contributed by atoms with Gasteiger partial charge in [0.05, 0.1) is 12.6 Å². The minimum Gasteiger partial charge on any atom is -0.493 e. The van der Waals surface area contributed by atoms with E-state index in [0.29, 0.717) is 12.6 Å². The molecule has 2 aliphatic heterocycles. The maximum absolute atomic E-state index is 10.1. The van der Waals surface area contributed by atoms with Gasteiger partial charge in [-0.05, 0) is 65.4 Å². The lowest BCUT2D eigenvalue weighted by Gasteiger charge is -2.41. The van der Waals surface area contributed by atoms with Crippen LogP contribution < -0.4 is 9.47 Å². The van der Waals surface area contributed by atoms with Crippen LogP contribution in [0.25, 0.3) is 10.9 Å². The molecule has 0 bridgehead atoms. The minimum atomic E-state index is 0. The molecule has 6 heteroatoms. The Morgan fingerprint density at radius 3 is 2.63 bits per heavy atom. The number of halogens is 1. The van der Waals surface area contributed by atoms with Crippen LogP contribution in [0.5, 0.6) is 11.5 Å². The Balaban J connectivity index is 0.00000253. The van der Waals surface area contributed by atoms with Gasteiger partial charge in [-0.1, -0.05) is 53.7 Å². The number of hydrogen-bond donors (Lipinski definition) is 1. The summed E-state index contributed by atoms with van der Waals surface area (Å²) in [6.07, 6.45) is 1.90. The lowest BCUT2D eigenvalue weighted by molar-refractivity contribution is 0.145. The Kier molecular flexibility index (Phi) is 6.62. The van der Waals surface area contributed by atoms with E-state index in [9.17, 15) is 5.11 Å². The number of rotatable bonds is 5. The molecule has 182 valence electrons. The van der Waals surface area contributed by atoms with E-state index in [1.165, 1.54) is 27.8 Å². The molecule has 0 saturated carbocycles. The fourth-order valence-corrected chi connectivity index (χ4v) is 5.85. The summed E-state index contributed by atoms with van der Waals surface area (Å²) in [5.41, 5.74) is 7.49. The summed E-state index contributed by atoms with van der Waals surface area (Å²) >= 11 is 3.48. The van der Waals surface area contributed by atoms with E-state index in [-0.39, 0.29) is 14.2 Å². The Labute approximate surface area is 215 Å². The van der Waals surface area contributed by atoms with Crippen molar-refractivity contribution in [1.82, 2.24) is 9.47 Å². The summed E-state index contributed by atoms with van der Waals surface area (Å²) < 4.78 is 15.1. The highest BCUT2D eigenvalue weighted by molar-refractivity contribution is 9.10. The van der Waals surface area contributed by atoms with Crippen LogP contribution in [0, 0.1) is 0 Å². The van der Waals surface area contributed by atoms with Crippen molar-refractivity contribution in [2.24, 2.45) is 0 Å². The zero-order chi connectivity index (χ0) is 23.2. The standard InChI is InChI=1S/C28H27BrN2O3.CH4/c1-33-27-14-22-19(12-28(27)34-16-18-6-8-20(29)9-7-18)10-11-30-15-26-23(13-25(22)30)21-4-2-3-5-24(21)31(26)17-32;/h2-9,12,14,25,32H,10-11,13,15-17H2,1H3;1H4. The molecule has 5 nitrogen and oxygen atoms in total. The number of ether oxygens (including phenoxy) is 2. The molecule has 1 atom stereocenters. The highest BCUT2D eigenvalue weighted by Crippen LogP contribution is 2.44. The van der Waals surface area contributed by atoms with E-state index in [1.54, 1.807) is 7.11 Å². The van der Waals surface area contributed by atoms with Crippen LogP contribution in [0.1, 0.15) is 41.4 Å². The van der Waals surface area contributed by atoms with E-state index in [2.05, 4.69) is 67.9 Å². The van der Waals surface area contributed by atoms with Gasteiger partial charge in [0.25, 0.3) is 0 Å². The average Bonchev–Trinajstić information content (AvgIpc) is 3.19. The van der Waals surface area contributed by atoms with Gasteiger partial charge in [0.2, 0.25) is 0 Å². The van der Waals surface area contributed by atoms with Crippen LogP contribution in [-0.4, -0.2) is 28.2 Å². The van der Waals surface area contributed by atoms with Gasteiger partial charge in [0.15, 0.2) is 11.5 Å². The Bertz CT molecular complexity index is 1360. The van der Waals surface area contributed by atoms with Crippen LogP contribution in [-0.2, 0) is 32.7 Å². The molecule has 1 N–H and O–H groups in total. The summed E-state index contributed by atoms with van der Waals surface area (Å²) in [6.45, 7) is 2.35. The predicted octanol–water partition coefficient (Wildman–Crippen LogP) is 6.23. The van der Waals surface area contributed by atoms with Gasteiger partial charge in [-0.15, -0.1) is 0 Å². The number of fused-ring (bicyclic) bond motifs is 6. The molecule has 0 amide bonds. The van der Waals surface area contributed by atoms with Crippen molar-refractivity contribution in [1.29, 1.82) is 0 Å².